The highest BCUT2D eigenvalue weighted by Crippen LogP contribution is 2.27. The minimum absolute atomic E-state index is 0.151. The van der Waals surface area contributed by atoms with Gasteiger partial charge in [-0.1, -0.05) is 84.1 Å². The number of nitrogens with zero attached hydrogens (tertiary/aromatic N) is 2. The number of halogens is 1. The monoisotopic (exact) mass is 442 g/mol. The van der Waals surface area contributed by atoms with Crippen LogP contribution in [0.1, 0.15) is 101 Å². The van der Waals surface area contributed by atoms with Crippen molar-refractivity contribution in [3.63, 3.8) is 0 Å². The normalized spacial score (nSPS) is 11.6. The molecule has 0 saturated carbocycles. The molecule has 4 heteroatoms. The molecule has 0 spiro atoms. The predicted molar refractivity (Wildman–Crippen MR) is 133 cm³/mol. The Morgan fingerprint density at radius 3 is 2.10 bits per heavy atom. The van der Waals surface area contributed by atoms with Gasteiger partial charge in [0, 0.05) is 22.8 Å². The van der Waals surface area contributed by atoms with E-state index in [2.05, 4.69) is 30.5 Å². The number of aryl methyl sites for hydroxylation is 2. The van der Waals surface area contributed by atoms with Crippen molar-refractivity contribution >= 4 is 16.3 Å². The standard InChI is InChI=1S/C27H39FN2S/c1-3-5-7-9-10-12-13-15-22-17-18-24(25(28)19-22)26-21-30-20-23(31-27(30)29-26)16-14-11-8-6-4-2/h17-21H,3-16H2,1-2H3. The number of thiazole rings is 1. The van der Waals surface area contributed by atoms with E-state index in [0.717, 1.165) is 35.5 Å². The van der Waals surface area contributed by atoms with Crippen LogP contribution >= 0.6 is 11.3 Å². The van der Waals surface area contributed by atoms with Gasteiger partial charge in [-0.3, -0.25) is 4.40 Å². The summed E-state index contributed by atoms with van der Waals surface area (Å²) in [7, 11) is 0. The van der Waals surface area contributed by atoms with E-state index in [1.54, 1.807) is 17.4 Å². The van der Waals surface area contributed by atoms with Crippen molar-refractivity contribution in [3.05, 3.63) is 46.9 Å². The van der Waals surface area contributed by atoms with Crippen molar-refractivity contribution in [2.75, 3.05) is 0 Å². The average Bonchev–Trinajstić information content (AvgIpc) is 3.32. The summed E-state index contributed by atoms with van der Waals surface area (Å²) in [6.45, 7) is 4.50. The van der Waals surface area contributed by atoms with Gasteiger partial charge in [0.05, 0.1) is 5.69 Å². The summed E-state index contributed by atoms with van der Waals surface area (Å²) in [5.74, 6) is -0.151. The Labute approximate surface area is 191 Å². The predicted octanol–water partition coefficient (Wildman–Crippen LogP) is 9.01. The zero-order chi connectivity index (χ0) is 21.9. The molecule has 0 fully saturated rings. The zero-order valence-electron chi connectivity index (χ0n) is 19.5. The van der Waals surface area contributed by atoms with Gasteiger partial charge >= 0.3 is 0 Å². The number of imidazole rings is 1. The van der Waals surface area contributed by atoms with Crippen LogP contribution in [0.15, 0.2) is 30.6 Å². The van der Waals surface area contributed by atoms with Crippen LogP contribution < -0.4 is 0 Å². The first-order chi connectivity index (χ1) is 15.2. The number of aromatic nitrogens is 2. The summed E-state index contributed by atoms with van der Waals surface area (Å²) < 4.78 is 16.8. The third-order valence-electron chi connectivity index (χ3n) is 6.11. The van der Waals surface area contributed by atoms with E-state index in [0.29, 0.717) is 5.56 Å². The second kappa shape index (κ2) is 13.0. The molecule has 170 valence electrons. The van der Waals surface area contributed by atoms with E-state index in [-0.39, 0.29) is 5.82 Å². The van der Waals surface area contributed by atoms with Crippen molar-refractivity contribution in [1.82, 2.24) is 9.38 Å². The molecule has 2 aromatic heterocycles. The molecule has 0 bridgehead atoms. The van der Waals surface area contributed by atoms with Gasteiger partial charge in [-0.2, -0.15) is 0 Å². The van der Waals surface area contributed by atoms with Crippen LogP contribution in [-0.4, -0.2) is 9.38 Å². The van der Waals surface area contributed by atoms with Gasteiger partial charge in [0.1, 0.15) is 5.82 Å². The molecule has 0 radical (unpaired) electrons. The minimum atomic E-state index is -0.151. The van der Waals surface area contributed by atoms with Crippen molar-refractivity contribution < 1.29 is 4.39 Å². The van der Waals surface area contributed by atoms with Crippen LogP contribution in [-0.2, 0) is 12.8 Å². The molecule has 0 aliphatic carbocycles. The van der Waals surface area contributed by atoms with Crippen LogP contribution in [0.4, 0.5) is 4.39 Å². The Morgan fingerprint density at radius 2 is 1.45 bits per heavy atom. The lowest BCUT2D eigenvalue weighted by Gasteiger charge is -2.05. The van der Waals surface area contributed by atoms with Crippen molar-refractivity contribution in [2.45, 2.75) is 104 Å². The van der Waals surface area contributed by atoms with Gasteiger partial charge in [0.15, 0.2) is 4.96 Å². The molecule has 0 aliphatic rings. The molecule has 3 aromatic rings. The average molecular weight is 443 g/mol. The molecule has 0 aliphatic heterocycles. The molecule has 1 aromatic carbocycles. The summed E-state index contributed by atoms with van der Waals surface area (Å²) in [6.07, 6.45) is 21.7. The topological polar surface area (TPSA) is 17.3 Å². The van der Waals surface area contributed by atoms with E-state index >= 15 is 0 Å². The first-order valence-electron chi connectivity index (χ1n) is 12.5. The first kappa shape index (κ1) is 24.0. The highest BCUT2D eigenvalue weighted by Gasteiger charge is 2.12. The smallest absolute Gasteiger partial charge is 0.194 e. The number of rotatable bonds is 15. The Bertz CT molecular complexity index is 880. The van der Waals surface area contributed by atoms with E-state index in [1.807, 2.05) is 12.3 Å². The van der Waals surface area contributed by atoms with Gasteiger partial charge in [-0.05, 0) is 43.4 Å². The van der Waals surface area contributed by atoms with E-state index in [4.69, 9.17) is 4.98 Å². The number of benzene rings is 1. The third-order valence-corrected chi connectivity index (χ3v) is 7.17. The minimum Gasteiger partial charge on any atom is -0.297 e. The van der Waals surface area contributed by atoms with Crippen LogP contribution in [0.3, 0.4) is 0 Å². The Hall–Kier alpha value is -1.68. The van der Waals surface area contributed by atoms with E-state index in [1.165, 1.54) is 75.5 Å². The molecule has 0 amide bonds. The molecule has 0 unspecified atom stereocenters. The van der Waals surface area contributed by atoms with Gasteiger partial charge in [-0.25, -0.2) is 9.37 Å². The maximum absolute atomic E-state index is 14.8. The Morgan fingerprint density at radius 1 is 0.806 bits per heavy atom. The molecule has 2 heterocycles. The lowest BCUT2D eigenvalue weighted by Crippen LogP contribution is -1.91. The summed E-state index contributed by atoms with van der Waals surface area (Å²) in [6, 6.07) is 5.69. The number of unbranched alkanes of at least 4 members (excludes halogenated alkanes) is 10. The molecule has 2 nitrogen and oxygen atoms in total. The number of hydrogen-bond acceptors (Lipinski definition) is 2. The summed E-state index contributed by atoms with van der Waals surface area (Å²) in [4.78, 5) is 7.04. The largest absolute Gasteiger partial charge is 0.297 e. The van der Waals surface area contributed by atoms with E-state index < -0.39 is 0 Å². The van der Waals surface area contributed by atoms with Crippen LogP contribution in [0.2, 0.25) is 0 Å². The number of hydrogen-bond donors (Lipinski definition) is 0. The molecule has 0 N–H and O–H groups in total. The maximum atomic E-state index is 14.8. The zero-order valence-corrected chi connectivity index (χ0v) is 20.3. The van der Waals surface area contributed by atoms with Crippen molar-refractivity contribution in [3.8, 4) is 11.3 Å². The maximum Gasteiger partial charge on any atom is 0.194 e. The van der Waals surface area contributed by atoms with Gasteiger partial charge in [0.2, 0.25) is 0 Å². The lowest BCUT2D eigenvalue weighted by molar-refractivity contribution is 0.587. The fourth-order valence-corrected chi connectivity index (χ4v) is 5.20. The van der Waals surface area contributed by atoms with Crippen LogP contribution in [0.25, 0.3) is 16.2 Å². The van der Waals surface area contributed by atoms with Crippen LogP contribution in [0, 0.1) is 5.82 Å². The summed E-state index contributed by atoms with van der Waals surface area (Å²) >= 11 is 1.74. The van der Waals surface area contributed by atoms with E-state index in [9.17, 15) is 4.39 Å². The van der Waals surface area contributed by atoms with Crippen molar-refractivity contribution in [1.29, 1.82) is 0 Å². The molecule has 31 heavy (non-hydrogen) atoms. The van der Waals surface area contributed by atoms with Gasteiger partial charge < -0.3 is 0 Å². The highest BCUT2D eigenvalue weighted by atomic mass is 32.1. The molecule has 3 rings (SSSR count). The number of fused-ring (bicyclic) bond motifs is 1. The lowest BCUT2D eigenvalue weighted by atomic mass is 10.0. The molecular formula is C27H39FN2S. The first-order valence-corrected chi connectivity index (χ1v) is 13.3. The summed E-state index contributed by atoms with van der Waals surface area (Å²) in [5, 5.41) is 0. The molecule has 0 saturated heterocycles. The summed E-state index contributed by atoms with van der Waals surface area (Å²) in [5.41, 5.74) is 2.45. The molecular weight excluding hydrogens is 403 g/mol. The fourth-order valence-electron chi connectivity index (χ4n) is 4.20. The van der Waals surface area contributed by atoms with Crippen molar-refractivity contribution in [2.24, 2.45) is 0 Å². The fraction of sp³-hybridized carbons (Fsp3) is 0.593. The van der Waals surface area contributed by atoms with Gasteiger partial charge in [0.25, 0.3) is 0 Å². The van der Waals surface area contributed by atoms with Gasteiger partial charge in [-0.15, -0.1) is 11.3 Å². The molecule has 0 atom stereocenters. The Kier molecular flexibility index (Phi) is 10.1. The Balaban J connectivity index is 1.50. The van der Waals surface area contributed by atoms with Crippen LogP contribution in [0.5, 0.6) is 0 Å². The highest BCUT2D eigenvalue weighted by molar-refractivity contribution is 7.17. The third kappa shape index (κ3) is 7.45. The SMILES string of the molecule is CCCCCCCCCc1ccc(-c2cn3cc(CCCCCCC)sc3n2)c(F)c1. The quantitative estimate of drug-likeness (QED) is 0.215. The second-order valence-corrected chi connectivity index (χ2v) is 9.96. The second-order valence-electron chi connectivity index (χ2n) is 8.86.